The second kappa shape index (κ2) is 36.5. The smallest absolute Gasteiger partial charge is 0.220 e. The summed E-state index contributed by atoms with van der Waals surface area (Å²) in [6.45, 7) is 3.84. The fourth-order valence-electron chi connectivity index (χ4n) is 7.69. The molecule has 54 heavy (non-hydrogen) atoms. The molecule has 1 rings (SSSR count). The van der Waals surface area contributed by atoms with Gasteiger partial charge in [-0.05, 0) is 12.8 Å². The monoisotopic (exact) mass is 772 g/mol. The van der Waals surface area contributed by atoms with Gasteiger partial charge in [0.05, 0.1) is 25.4 Å². The Morgan fingerprint density at radius 1 is 0.556 bits per heavy atom. The highest BCUT2D eigenvalue weighted by atomic mass is 16.7. The molecule has 0 radical (unpaired) electrons. The van der Waals surface area contributed by atoms with E-state index in [4.69, 9.17) is 9.47 Å². The van der Waals surface area contributed by atoms with Crippen LogP contribution in [0.1, 0.15) is 226 Å². The van der Waals surface area contributed by atoms with E-state index in [0.29, 0.717) is 12.8 Å². The lowest BCUT2D eigenvalue weighted by atomic mass is 9.99. The minimum Gasteiger partial charge on any atom is -0.394 e. The lowest BCUT2D eigenvalue weighted by molar-refractivity contribution is -0.302. The molecule has 0 spiro atoms. The van der Waals surface area contributed by atoms with E-state index in [9.17, 15) is 30.3 Å². The van der Waals surface area contributed by atoms with Crippen molar-refractivity contribution in [3.05, 3.63) is 0 Å². The lowest BCUT2D eigenvalue weighted by Crippen LogP contribution is -2.60. The molecular weight excluding hydrogens is 682 g/mol. The number of carbonyl (C=O) groups excluding carboxylic acids is 1. The molecular formula is C45H89NO8. The Bertz CT molecular complexity index is 817. The third-order valence-corrected chi connectivity index (χ3v) is 11.5. The van der Waals surface area contributed by atoms with Crippen LogP contribution in [-0.4, -0.2) is 87.5 Å². The highest BCUT2D eigenvalue weighted by Gasteiger charge is 2.44. The number of aliphatic hydroxyl groups excluding tert-OH is 5. The van der Waals surface area contributed by atoms with Crippen LogP contribution >= 0.6 is 0 Å². The first-order valence-corrected chi connectivity index (χ1v) is 23.2. The summed E-state index contributed by atoms with van der Waals surface area (Å²) in [4.78, 5) is 12.9. The number of unbranched alkanes of at least 4 members (excludes halogenated alkanes) is 29. The summed E-state index contributed by atoms with van der Waals surface area (Å²) in [5.74, 6) is -0.143. The van der Waals surface area contributed by atoms with Crippen LogP contribution in [0.3, 0.4) is 0 Å². The molecule has 1 amide bonds. The van der Waals surface area contributed by atoms with Crippen LogP contribution in [0.2, 0.25) is 0 Å². The van der Waals surface area contributed by atoms with Gasteiger partial charge in [-0.1, -0.05) is 206 Å². The third-order valence-electron chi connectivity index (χ3n) is 11.5. The van der Waals surface area contributed by atoms with Crippen LogP contribution in [0.4, 0.5) is 0 Å². The number of ether oxygens (including phenoxy) is 2. The average molecular weight is 772 g/mol. The van der Waals surface area contributed by atoms with E-state index in [1.54, 1.807) is 0 Å². The molecule has 7 unspecified atom stereocenters. The van der Waals surface area contributed by atoms with Crippen LogP contribution in [0.15, 0.2) is 0 Å². The Hall–Kier alpha value is -0.810. The van der Waals surface area contributed by atoms with Crippen molar-refractivity contribution in [3.8, 4) is 0 Å². The topological polar surface area (TPSA) is 149 Å². The van der Waals surface area contributed by atoms with Gasteiger partial charge in [0.1, 0.15) is 24.4 Å². The maximum absolute atomic E-state index is 12.9. The molecule has 7 atom stereocenters. The fourth-order valence-corrected chi connectivity index (χ4v) is 7.69. The highest BCUT2D eigenvalue weighted by Crippen LogP contribution is 2.23. The van der Waals surface area contributed by atoms with Gasteiger partial charge in [-0.3, -0.25) is 4.79 Å². The molecule has 0 aromatic carbocycles. The Balaban J connectivity index is 2.28. The van der Waals surface area contributed by atoms with Crippen molar-refractivity contribution in [1.82, 2.24) is 5.32 Å². The molecule has 1 aliphatic heterocycles. The van der Waals surface area contributed by atoms with Gasteiger partial charge in [-0.15, -0.1) is 0 Å². The van der Waals surface area contributed by atoms with Gasteiger partial charge in [0.2, 0.25) is 5.91 Å². The zero-order chi connectivity index (χ0) is 39.5. The van der Waals surface area contributed by atoms with Crippen LogP contribution in [0, 0.1) is 0 Å². The molecule has 6 N–H and O–H groups in total. The zero-order valence-electron chi connectivity index (χ0n) is 35.3. The molecule has 9 heteroatoms. The van der Waals surface area contributed by atoms with Crippen molar-refractivity contribution in [2.24, 2.45) is 0 Å². The van der Waals surface area contributed by atoms with Gasteiger partial charge in [-0.2, -0.15) is 0 Å². The Morgan fingerprint density at radius 3 is 1.31 bits per heavy atom. The number of rotatable bonds is 39. The predicted octanol–water partition coefficient (Wildman–Crippen LogP) is 9.56. The molecule has 0 aliphatic carbocycles. The molecule has 1 fully saturated rings. The number of nitrogens with one attached hydrogen (secondary N) is 1. The minimum absolute atomic E-state index is 0.132. The molecule has 1 aliphatic rings. The normalized spacial score (nSPS) is 21.4. The summed E-state index contributed by atoms with van der Waals surface area (Å²) in [6, 6.07) is -0.710. The fraction of sp³-hybridized carbons (Fsp3) is 0.978. The van der Waals surface area contributed by atoms with Crippen molar-refractivity contribution in [1.29, 1.82) is 0 Å². The van der Waals surface area contributed by atoms with E-state index in [1.165, 1.54) is 161 Å². The summed E-state index contributed by atoms with van der Waals surface area (Å²) in [6.07, 6.45) is 32.6. The van der Waals surface area contributed by atoms with Gasteiger partial charge < -0.3 is 40.3 Å². The van der Waals surface area contributed by atoms with Crippen molar-refractivity contribution in [2.45, 2.75) is 269 Å². The second-order valence-electron chi connectivity index (χ2n) is 16.6. The first kappa shape index (κ1) is 51.2. The first-order chi connectivity index (χ1) is 26.3. The van der Waals surface area contributed by atoms with Crippen molar-refractivity contribution in [2.75, 3.05) is 13.2 Å². The van der Waals surface area contributed by atoms with Gasteiger partial charge in [0.15, 0.2) is 6.29 Å². The van der Waals surface area contributed by atoms with Crippen LogP contribution in [0.5, 0.6) is 0 Å². The number of amides is 1. The number of hydrogen-bond donors (Lipinski definition) is 6. The average Bonchev–Trinajstić information content (AvgIpc) is 3.17. The maximum atomic E-state index is 12.9. The van der Waals surface area contributed by atoms with Gasteiger partial charge in [0.25, 0.3) is 0 Å². The van der Waals surface area contributed by atoms with Crippen molar-refractivity contribution >= 4 is 5.91 Å². The van der Waals surface area contributed by atoms with Crippen LogP contribution < -0.4 is 5.32 Å². The van der Waals surface area contributed by atoms with E-state index in [2.05, 4.69) is 19.2 Å². The van der Waals surface area contributed by atoms with E-state index < -0.39 is 49.5 Å². The molecule has 9 nitrogen and oxygen atoms in total. The zero-order valence-corrected chi connectivity index (χ0v) is 35.3. The largest absolute Gasteiger partial charge is 0.394 e. The van der Waals surface area contributed by atoms with E-state index in [-0.39, 0.29) is 12.5 Å². The Labute approximate surface area is 332 Å². The Morgan fingerprint density at radius 2 is 0.926 bits per heavy atom. The van der Waals surface area contributed by atoms with Gasteiger partial charge in [0, 0.05) is 6.42 Å². The van der Waals surface area contributed by atoms with Crippen LogP contribution in [0.25, 0.3) is 0 Å². The molecule has 0 aromatic rings. The molecule has 322 valence electrons. The maximum Gasteiger partial charge on any atom is 0.220 e. The number of aliphatic hydroxyl groups is 5. The molecule has 0 saturated carbocycles. The quantitative estimate of drug-likeness (QED) is 0.0339. The van der Waals surface area contributed by atoms with Crippen LogP contribution in [-0.2, 0) is 14.3 Å². The van der Waals surface area contributed by atoms with Gasteiger partial charge >= 0.3 is 0 Å². The third kappa shape index (κ3) is 26.9. The van der Waals surface area contributed by atoms with E-state index >= 15 is 0 Å². The lowest BCUT2D eigenvalue weighted by Gasteiger charge is -2.40. The molecule has 0 bridgehead atoms. The van der Waals surface area contributed by atoms with E-state index in [1.807, 2.05) is 0 Å². The van der Waals surface area contributed by atoms with Crippen molar-refractivity contribution < 1.29 is 39.8 Å². The first-order valence-electron chi connectivity index (χ1n) is 23.2. The predicted molar refractivity (Wildman–Crippen MR) is 221 cm³/mol. The summed E-state index contributed by atoms with van der Waals surface area (Å²) < 4.78 is 11.2. The summed E-state index contributed by atoms with van der Waals surface area (Å²) in [7, 11) is 0. The summed E-state index contributed by atoms with van der Waals surface area (Å²) in [5.41, 5.74) is 0. The summed E-state index contributed by atoms with van der Waals surface area (Å²) >= 11 is 0. The second-order valence-corrected chi connectivity index (χ2v) is 16.6. The highest BCUT2D eigenvalue weighted by molar-refractivity contribution is 5.76. The summed E-state index contributed by atoms with van der Waals surface area (Å²) in [5, 5.41) is 54.3. The molecule has 1 saturated heterocycles. The van der Waals surface area contributed by atoms with Gasteiger partial charge in [-0.25, -0.2) is 0 Å². The molecule has 1 heterocycles. The SMILES string of the molecule is CCCCCCCCCCCCCCCCCCCCCCC(O)C(COC1OC(CO)C(O)C(O)C1O)NC(=O)CCCCCCCCCCCCC. The Kier molecular flexibility index (Phi) is 34.6. The standard InChI is InChI=1S/C45H89NO8/c1-3-5-7-9-11-13-15-16-17-18-19-20-21-22-23-25-26-28-30-32-34-39(48)38(37-53-45-44(52)43(51)42(50)40(36-47)54-45)46-41(49)35-33-31-29-27-24-14-12-10-8-6-4-2/h38-40,42-45,47-48,50-52H,3-37H2,1-2H3,(H,46,49). The number of carbonyl (C=O) groups is 1. The number of hydrogen-bond acceptors (Lipinski definition) is 8. The molecule has 0 aromatic heterocycles. The van der Waals surface area contributed by atoms with E-state index in [0.717, 1.165) is 38.5 Å². The van der Waals surface area contributed by atoms with Crippen molar-refractivity contribution in [3.63, 3.8) is 0 Å². The minimum atomic E-state index is -1.55.